The Labute approximate surface area is 128 Å². The van der Waals surface area contributed by atoms with Crippen LogP contribution in [-0.4, -0.2) is 33.5 Å². The Morgan fingerprint density at radius 3 is 1.50 bits per heavy atom. The van der Waals surface area contributed by atoms with Gasteiger partial charge in [0.15, 0.2) is 11.5 Å². The SMILES string of the molecule is COc1cc(OC)cc(Oc2c(OC)cc(O)cc2OC)c1. The maximum Gasteiger partial charge on any atom is 0.211 e. The molecule has 0 atom stereocenters. The highest BCUT2D eigenvalue weighted by molar-refractivity contribution is 5.57. The van der Waals surface area contributed by atoms with Gasteiger partial charge < -0.3 is 28.8 Å². The molecule has 2 aromatic carbocycles. The van der Waals surface area contributed by atoms with Crippen LogP contribution in [0.1, 0.15) is 0 Å². The Bertz CT molecular complexity index is 606. The van der Waals surface area contributed by atoms with Gasteiger partial charge in [0.05, 0.1) is 28.4 Å². The minimum absolute atomic E-state index is 0.0178. The van der Waals surface area contributed by atoms with Crippen molar-refractivity contribution in [1.82, 2.24) is 0 Å². The molecule has 0 amide bonds. The van der Waals surface area contributed by atoms with E-state index in [4.69, 9.17) is 23.7 Å². The number of phenols is 1. The molecule has 0 spiro atoms. The van der Waals surface area contributed by atoms with Crippen LogP contribution in [0.5, 0.6) is 40.2 Å². The number of aromatic hydroxyl groups is 1. The molecule has 1 N–H and O–H groups in total. The second-order valence-corrected chi connectivity index (χ2v) is 4.33. The smallest absolute Gasteiger partial charge is 0.211 e. The molecule has 0 aromatic heterocycles. The van der Waals surface area contributed by atoms with Crippen molar-refractivity contribution in [3.05, 3.63) is 30.3 Å². The fraction of sp³-hybridized carbons (Fsp3) is 0.250. The minimum atomic E-state index is 0.0178. The number of ether oxygens (including phenoxy) is 5. The summed E-state index contributed by atoms with van der Waals surface area (Å²) in [5, 5.41) is 9.66. The monoisotopic (exact) mass is 306 g/mol. The molecule has 2 aromatic rings. The van der Waals surface area contributed by atoms with Crippen LogP contribution < -0.4 is 23.7 Å². The van der Waals surface area contributed by atoms with Gasteiger partial charge in [-0.25, -0.2) is 0 Å². The number of rotatable bonds is 6. The summed E-state index contributed by atoms with van der Waals surface area (Å²) in [4.78, 5) is 0. The average Bonchev–Trinajstić information content (AvgIpc) is 2.55. The van der Waals surface area contributed by atoms with Crippen molar-refractivity contribution < 1.29 is 28.8 Å². The highest BCUT2D eigenvalue weighted by atomic mass is 16.5. The molecule has 0 fully saturated rings. The largest absolute Gasteiger partial charge is 0.508 e. The van der Waals surface area contributed by atoms with Crippen molar-refractivity contribution in [3.63, 3.8) is 0 Å². The zero-order valence-electron chi connectivity index (χ0n) is 12.9. The van der Waals surface area contributed by atoms with Gasteiger partial charge in [-0.3, -0.25) is 0 Å². The summed E-state index contributed by atoms with van der Waals surface area (Å²) in [5.74, 6) is 2.72. The van der Waals surface area contributed by atoms with Crippen LogP contribution >= 0.6 is 0 Å². The Morgan fingerprint density at radius 2 is 1.09 bits per heavy atom. The van der Waals surface area contributed by atoms with E-state index < -0.39 is 0 Å². The van der Waals surface area contributed by atoms with Crippen LogP contribution in [0.4, 0.5) is 0 Å². The molecular weight excluding hydrogens is 288 g/mol. The minimum Gasteiger partial charge on any atom is -0.508 e. The van der Waals surface area contributed by atoms with E-state index in [-0.39, 0.29) is 5.75 Å². The maximum absolute atomic E-state index is 9.66. The number of hydrogen-bond acceptors (Lipinski definition) is 6. The summed E-state index contributed by atoms with van der Waals surface area (Å²) in [5.41, 5.74) is 0. The van der Waals surface area contributed by atoms with Crippen molar-refractivity contribution in [1.29, 1.82) is 0 Å². The van der Waals surface area contributed by atoms with Crippen molar-refractivity contribution in [2.45, 2.75) is 0 Å². The van der Waals surface area contributed by atoms with Crippen LogP contribution in [0, 0.1) is 0 Å². The lowest BCUT2D eigenvalue weighted by molar-refractivity contribution is 0.337. The first-order valence-electron chi connectivity index (χ1n) is 6.47. The van der Waals surface area contributed by atoms with E-state index in [2.05, 4.69) is 0 Å². The fourth-order valence-electron chi connectivity index (χ4n) is 1.92. The second-order valence-electron chi connectivity index (χ2n) is 4.33. The van der Waals surface area contributed by atoms with E-state index in [9.17, 15) is 5.11 Å². The van der Waals surface area contributed by atoms with Crippen LogP contribution in [0.3, 0.4) is 0 Å². The zero-order valence-corrected chi connectivity index (χ0v) is 12.9. The van der Waals surface area contributed by atoms with Crippen LogP contribution in [0.15, 0.2) is 30.3 Å². The van der Waals surface area contributed by atoms with E-state index in [1.807, 2.05) is 0 Å². The molecule has 6 heteroatoms. The van der Waals surface area contributed by atoms with E-state index >= 15 is 0 Å². The van der Waals surface area contributed by atoms with Crippen LogP contribution in [0.2, 0.25) is 0 Å². The van der Waals surface area contributed by atoms with Crippen LogP contribution in [-0.2, 0) is 0 Å². The summed E-state index contributed by atoms with van der Waals surface area (Å²) in [6.07, 6.45) is 0. The molecule has 0 heterocycles. The Morgan fingerprint density at radius 1 is 0.636 bits per heavy atom. The third-order valence-corrected chi connectivity index (χ3v) is 2.99. The molecule has 0 bridgehead atoms. The van der Waals surface area contributed by atoms with Crippen LogP contribution in [0.25, 0.3) is 0 Å². The molecule has 0 aliphatic heterocycles. The lowest BCUT2D eigenvalue weighted by atomic mass is 10.2. The molecule has 2 rings (SSSR count). The number of phenolic OH excluding ortho intramolecular Hbond substituents is 1. The molecule has 0 aliphatic rings. The molecule has 0 radical (unpaired) electrons. The zero-order chi connectivity index (χ0) is 16.1. The average molecular weight is 306 g/mol. The topological polar surface area (TPSA) is 66.4 Å². The van der Waals surface area contributed by atoms with Gasteiger partial charge in [0.2, 0.25) is 5.75 Å². The van der Waals surface area contributed by atoms with Gasteiger partial charge >= 0.3 is 0 Å². The van der Waals surface area contributed by atoms with Gasteiger partial charge in [0.25, 0.3) is 0 Å². The molecule has 0 unspecified atom stereocenters. The van der Waals surface area contributed by atoms with Gasteiger partial charge in [0.1, 0.15) is 23.0 Å². The third-order valence-electron chi connectivity index (χ3n) is 2.99. The summed E-state index contributed by atoms with van der Waals surface area (Å²) in [6.45, 7) is 0. The van der Waals surface area contributed by atoms with Gasteiger partial charge in [0, 0.05) is 30.3 Å². The van der Waals surface area contributed by atoms with E-state index in [0.717, 1.165) is 0 Å². The maximum atomic E-state index is 9.66. The number of methoxy groups -OCH3 is 4. The third kappa shape index (κ3) is 3.28. The normalized spacial score (nSPS) is 10.0. The lowest BCUT2D eigenvalue weighted by Gasteiger charge is -2.15. The van der Waals surface area contributed by atoms with Gasteiger partial charge in [-0.2, -0.15) is 0 Å². The van der Waals surface area contributed by atoms with Gasteiger partial charge in [-0.05, 0) is 0 Å². The van der Waals surface area contributed by atoms with Gasteiger partial charge in [-0.1, -0.05) is 0 Å². The predicted molar refractivity (Wildman–Crippen MR) is 80.8 cm³/mol. The first kappa shape index (κ1) is 15.6. The van der Waals surface area contributed by atoms with E-state index in [1.165, 1.54) is 26.4 Å². The predicted octanol–water partition coefficient (Wildman–Crippen LogP) is 3.22. The quantitative estimate of drug-likeness (QED) is 0.884. The second kappa shape index (κ2) is 6.80. The van der Waals surface area contributed by atoms with Crippen molar-refractivity contribution in [3.8, 4) is 40.2 Å². The van der Waals surface area contributed by atoms with Gasteiger partial charge in [-0.15, -0.1) is 0 Å². The molecule has 0 aliphatic carbocycles. The van der Waals surface area contributed by atoms with E-state index in [0.29, 0.717) is 34.5 Å². The first-order valence-corrected chi connectivity index (χ1v) is 6.47. The Kier molecular flexibility index (Phi) is 4.83. The lowest BCUT2D eigenvalue weighted by Crippen LogP contribution is -1.96. The van der Waals surface area contributed by atoms with Crippen molar-refractivity contribution >= 4 is 0 Å². The van der Waals surface area contributed by atoms with E-state index in [1.54, 1.807) is 32.4 Å². The Hall–Kier alpha value is -2.76. The standard InChI is InChI=1S/C16H18O6/c1-18-11-7-12(19-2)9-13(8-11)22-16-14(20-3)5-10(17)6-15(16)21-4/h5-9,17H,1-4H3. The molecule has 0 saturated carbocycles. The highest BCUT2D eigenvalue weighted by Crippen LogP contribution is 2.44. The number of hydrogen-bond donors (Lipinski definition) is 1. The number of benzene rings is 2. The first-order chi connectivity index (χ1) is 10.6. The highest BCUT2D eigenvalue weighted by Gasteiger charge is 2.16. The summed E-state index contributed by atoms with van der Waals surface area (Å²) < 4.78 is 26.7. The summed E-state index contributed by atoms with van der Waals surface area (Å²) in [7, 11) is 6.07. The molecule has 0 saturated heterocycles. The molecule has 118 valence electrons. The Balaban J connectivity index is 2.46. The summed E-state index contributed by atoms with van der Waals surface area (Å²) >= 11 is 0. The molecule has 6 nitrogen and oxygen atoms in total. The summed E-state index contributed by atoms with van der Waals surface area (Å²) in [6, 6.07) is 8.02. The van der Waals surface area contributed by atoms with Crippen molar-refractivity contribution in [2.24, 2.45) is 0 Å². The van der Waals surface area contributed by atoms with Crippen molar-refractivity contribution in [2.75, 3.05) is 28.4 Å². The fourth-order valence-corrected chi connectivity index (χ4v) is 1.92. The molecule has 22 heavy (non-hydrogen) atoms. The molecular formula is C16H18O6.